The Morgan fingerprint density at radius 2 is 2.04 bits per heavy atom. The van der Waals surface area contributed by atoms with Crippen molar-refractivity contribution >= 4 is 45.1 Å². The number of nitrogens with two attached hydrogens (primary N) is 1. The lowest BCUT2D eigenvalue weighted by molar-refractivity contribution is -0.119. The van der Waals surface area contributed by atoms with Crippen LogP contribution in [0.1, 0.15) is 43.3 Å². The number of esters is 1. The minimum Gasteiger partial charge on any atom is -0.450 e. The van der Waals surface area contributed by atoms with Gasteiger partial charge in [-0.15, -0.1) is 11.3 Å². The number of anilines is 1. The molecule has 3 N–H and O–H groups in total. The van der Waals surface area contributed by atoms with Gasteiger partial charge in [0.2, 0.25) is 5.76 Å². The van der Waals surface area contributed by atoms with E-state index in [0.717, 1.165) is 35.1 Å². The van der Waals surface area contributed by atoms with Crippen LogP contribution in [-0.4, -0.2) is 24.4 Å². The molecule has 0 saturated heterocycles. The molecular weight excluding hydrogens is 380 g/mol. The Labute approximate surface area is 164 Å². The maximum atomic E-state index is 12.3. The van der Waals surface area contributed by atoms with E-state index in [2.05, 4.69) is 5.32 Å². The minimum atomic E-state index is -0.715. The minimum absolute atomic E-state index is 0.0712. The lowest BCUT2D eigenvalue weighted by Crippen LogP contribution is -2.22. The van der Waals surface area contributed by atoms with E-state index in [-0.39, 0.29) is 5.76 Å². The van der Waals surface area contributed by atoms with E-state index in [1.807, 2.05) is 18.2 Å². The fourth-order valence-corrected chi connectivity index (χ4v) is 4.79. The molecule has 0 saturated carbocycles. The number of ether oxygens (including phenoxy) is 1. The van der Waals surface area contributed by atoms with Crippen molar-refractivity contribution in [3.8, 4) is 0 Å². The smallest absolute Gasteiger partial charge is 0.375 e. The topological polar surface area (TPSA) is 112 Å². The molecule has 1 aliphatic rings. The van der Waals surface area contributed by atoms with E-state index >= 15 is 0 Å². The van der Waals surface area contributed by atoms with Gasteiger partial charge in [-0.05, 0) is 37.8 Å². The Kier molecular flexibility index (Phi) is 4.64. The second-order valence-corrected chi connectivity index (χ2v) is 7.71. The average Bonchev–Trinajstić information content (AvgIpc) is 3.33. The van der Waals surface area contributed by atoms with Gasteiger partial charge >= 0.3 is 5.97 Å². The van der Waals surface area contributed by atoms with Crippen LogP contribution in [0.3, 0.4) is 0 Å². The number of benzene rings is 1. The summed E-state index contributed by atoms with van der Waals surface area (Å²) in [5.41, 5.74) is 8.00. The van der Waals surface area contributed by atoms with Crippen molar-refractivity contribution in [1.82, 2.24) is 0 Å². The van der Waals surface area contributed by atoms with E-state index in [1.54, 1.807) is 13.0 Å². The predicted molar refractivity (Wildman–Crippen MR) is 105 cm³/mol. The fraction of sp³-hybridized carbons (Fsp3) is 0.250. The Morgan fingerprint density at radius 1 is 1.25 bits per heavy atom. The van der Waals surface area contributed by atoms with Crippen LogP contribution in [0.4, 0.5) is 5.00 Å². The van der Waals surface area contributed by atoms with Gasteiger partial charge in [0.15, 0.2) is 6.61 Å². The summed E-state index contributed by atoms with van der Waals surface area (Å²) in [5, 5.41) is 3.87. The van der Waals surface area contributed by atoms with Gasteiger partial charge in [0, 0.05) is 15.8 Å². The highest BCUT2D eigenvalue weighted by Gasteiger charge is 2.26. The van der Waals surface area contributed by atoms with Crippen LogP contribution in [-0.2, 0) is 22.4 Å². The largest absolute Gasteiger partial charge is 0.450 e. The Balaban J connectivity index is 1.44. The molecular formula is C20H18N2O5S. The molecule has 0 fully saturated rings. The van der Waals surface area contributed by atoms with Gasteiger partial charge in [0.25, 0.3) is 11.8 Å². The standard InChI is InChI=1S/C20H18N2O5S/c1-10-11-5-2-3-7-13(11)27-17(10)20(25)26-9-15(23)22-19-16(18(21)24)12-6-4-8-14(12)28-19/h2-3,5,7H,4,6,8-9H2,1H3,(H2,21,24)(H,22,23). The van der Waals surface area contributed by atoms with Crippen molar-refractivity contribution < 1.29 is 23.5 Å². The summed E-state index contributed by atoms with van der Waals surface area (Å²) < 4.78 is 10.6. The number of furan rings is 1. The molecule has 0 aliphatic heterocycles. The number of aryl methyl sites for hydroxylation is 2. The second-order valence-electron chi connectivity index (χ2n) is 6.60. The van der Waals surface area contributed by atoms with Gasteiger partial charge in [-0.3, -0.25) is 9.59 Å². The summed E-state index contributed by atoms with van der Waals surface area (Å²) in [6.07, 6.45) is 2.63. The van der Waals surface area contributed by atoms with E-state index in [4.69, 9.17) is 14.9 Å². The van der Waals surface area contributed by atoms with Crippen molar-refractivity contribution in [2.24, 2.45) is 5.73 Å². The van der Waals surface area contributed by atoms with Crippen molar-refractivity contribution in [3.05, 3.63) is 51.6 Å². The van der Waals surface area contributed by atoms with Gasteiger partial charge in [-0.2, -0.15) is 0 Å². The number of primary amides is 1. The van der Waals surface area contributed by atoms with Crippen molar-refractivity contribution in [2.45, 2.75) is 26.2 Å². The molecule has 4 rings (SSSR count). The molecule has 2 aromatic heterocycles. The van der Waals surface area contributed by atoms with Gasteiger partial charge in [0.1, 0.15) is 10.6 Å². The van der Waals surface area contributed by atoms with E-state index in [0.29, 0.717) is 21.7 Å². The summed E-state index contributed by atoms with van der Waals surface area (Å²) >= 11 is 1.35. The quantitative estimate of drug-likeness (QED) is 0.641. The Bertz CT molecular complexity index is 1110. The Morgan fingerprint density at radius 3 is 2.79 bits per heavy atom. The SMILES string of the molecule is Cc1c(C(=O)OCC(=O)Nc2sc3c(c2C(N)=O)CCC3)oc2ccccc12. The number of fused-ring (bicyclic) bond motifs is 2. The number of thiophene rings is 1. The molecule has 0 atom stereocenters. The number of hydrogen-bond donors (Lipinski definition) is 2. The number of para-hydroxylation sites is 1. The number of carbonyl (C=O) groups excluding carboxylic acids is 3. The molecule has 0 bridgehead atoms. The molecule has 1 aromatic carbocycles. The maximum absolute atomic E-state index is 12.3. The number of rotatable bonds is 5. The van der Waals surface area contributed by atoms with E-state index in [1.165, 1.54) is 11.3 Å². The summed E-state index contributed by atoms with van der Waals surface area (Å²) in [6.45, 7) is 1.27. The molecule has 3 aromatic rings. The van der Waals surface area contributed by atoms with Gasteiger partial charge < -0.3 is 20.2 Å². The predicted octanol–water partition coefficient (Wildman–Crippen LogP) is 3.19. The van der Waals surface area contributed by atoms with Crippen molar-refractivity contribution in [2.75, 3.05) is 11.9 Å². The summed E-state index contributed by atoms with van der Waals surface area (Å²) in [4.78, 5) is 37.4. The first-order valence-electron chi connectivity index (χ1n) is 8.85. The molecule has 144 valence electrons. The van der Waals surface area contributed by atoms with Gasteiger partial charge in [-0.1, -0.05) is 18.2 Å². The summed E-state index contributed by atoms with van der Waals surface area (Å²) in [7, 11) is 0. The third-order valence-corrected chi connectivity index (χ3v) is 5.99. The highest BCUT2D eigenvalue weighted by molar-refractivity contribution is 7.17. The molecule has 8 heteroatoms. The number of amides is 2. The second kappa shape index (κ2) is 7.12. The van der Waals surface area contributed by atoms with E-state index in [9.17, 15) is 14.4 Å². The van der Waals surface area contributed by atoms with Crippen LogP contribution < -0.4 is 11.1 Å². The number of hydrogen-bond acceptors (Lipinski definition) is 6. The zero-order chi connectivity index (χ0) is 19.8. The van der Waals surface area contributed by atoms with Gasteiger partial charge in [-0.25, -0.2) is 4.79 Å². The zero-order valence-electron chi connectivity index (χ0n) is 15.2. The first kappa shape index (κ1) is 18.2. The number of nitrogens with one attached hydrogen (secondary N) is 1. The lowest BCUT2D eigenvalue weighted by atomic mass is 10.1. The highest BCUT2D eigenvalue weighted by atomic mass is 32.1. The van der Waals surface area contributed by atoms with Crippen molar-refractivity contribution in [3.63, 3.8) is 0 Å². The average molecular weight is 398 g/mol. The fourth-order valence-electron chi connectivity index (χ4n) is 3.48. The van der Waals surface area contributed by atoms with Crippen LogP contribution in [0.15, 0.2) is 28.7 Å². The summed E-state index contributed by atoms with van der Waals surface area (Å²) in [6, 6.07) is 7.26. The van der Waals surface area contributed by atoms with Crippen LogP contribution >= 0.6 is 11.3 Å². The van der Waals surface area contributed by atoms with Gasteiger partial charge in [0.05, 0.1) is 5.56 Å². The van der Waals surface area contributed by atoms with E-state index < -0.39 is 24.4 Å². The first-order chi connectivity index (χ1) is 13.5. The number of carbonyl (C=O) groups is 3. The van der Waals surface area contributed by atoms with Crippen LogP contribution in [0, 0.1) is 6.92 Å². The zero-order valence-corrected chi connectivity index (χ0v) is 16.0. The normalized spacial score (nSPS) is 12.8. The van der Waals surface area contributed by atoms with Crippen molar-refractivity contribution in [1.29, 1.82) is 0 Å². The molecule has 1 aliphatic carbocycles. The molecule has 0 radical (unpaired) electrons. The highest BCUT2D eigenvalue weighted by Crippen LogP contribution is 2.38. The first-order valence-corrected chi connectivity index (χ1v) is 9.66. The molecule has 0 spiro atoms. The molecule has 7 nitrogen and oxygen atoms in total. The lowest BCUT2D eigenvalue weighted by Gasteiger charge is -2.06. The monoisotopic (exact) mass is 398 g/mol. The molecule has 2 amide bonds. The molecule has 0 unspecified atom stereocenters. The van der Waals surface area contributed by atoms with Crippen LogP contribution in [0.25, 0.3) is 11.0 Å². The third kappa shape index (κ3) is 3.16. The maximum Gasteiger partial charge on any atom is 0.375 e. The molecule has 28 heavy (non-hydrogen) atoms. The molecule has 2 heterocycles. The van der Waals surface area contributed by atoms with Crippen LogP contribution in [0.5, 0.6) is 0 Å². The van der Waals surface area contributed by atoms with Crippen LogP contribution in [0.2, 0.25) is 0 Å². The third-order valence-electron chi connectivity index (χ3n) is 4.78. The summed E-state index contributed by atoms with van der Waals surface area (Å²) in [5.74, 6) is -1.75. The Hall–Kier alpha value is -3.13.